The Morgan fingerprint density at radius 1 is 1.50 bits per heavy atom. The SMILES string of the molecule is Cc1csc(C(=O)N(CC(N)=O)C2CCNCC2)c1Cl. The number of carbonyl (C=O) groups is 2. The number of aryl methyl sites for hydroxylation is 1. The second kappa shape index (κ2) is 6.56. The third kappa shape index (κ3) is 3.31. The normalized spacial score (nSPS) is 16.1. The van der Waals surface area contributed by atoms with Crippen molar-refractivity contribution in [2.24, 2.45) is 5.73 Å². The van der Waals surface area contributed by atoms with Gasteiger partial charge in [-0.15, -0.1) is 11.3 Å². The van der Waals surface area contributed by atoms with Crippen LogP contribution in [-0.4, -0.2) is 42.4 Å². The van der Waals surface area contributed by atoms with Gasteiger partial charge in [-0.1, -0.05) is 11.6 Å². The minimum atomic E-state index is -0.499. The Balaban J connectivity index is 2.23. The van der Waals surface area contributed by atoms with E-state index in [-0.39, 0.29) is 18.5 Å². The Morgan fingerprint density at radius 2 is 2.15 bits per heavy atom. The van der Waals surface area contributed by atoms with Crippen molar-refractivity contribution in [3.8, 4) is 0 Å². The largest absolute Gasteiger partial charge is 0.368 e. The molecule has 0 radical (unpaired) electrons. The first kappa shape index (κ1) is 15.3. The van der Waals surface area contributed by atoms with E-state index < -0.39 is 5.91 Å². The Labute approximate surface area is 127 Å². The standard InChI is InChI=1S/C13H18ClN3O2S/c1-8-7-20-12(11(8)14)13(19)17(6-10(15)18)9-2-4-16-5-3-9/h7,9,16H,2-6H2,1H3,(H2,15,18). The van der Waals surface area contributed by atoms with Crippen molar-refractivity contribution in [1.29, 1.82) is 0 Å². The second-order valence-electron chi connectivity index (χ2n) is 4.94. The highest BCUT2D eigenvalue weighted by molar-refractivity contribution is 7.13. The smallest absolute Gasteiger partial charge is 0.266 e. The van der Waals surface area contributed by atoms with Crippen LogP contribution in [0.1, 0.15) is 28.1 Å². The van der Waals surface area contributed by atoms with Gasteiger partial charge < -0.3 is 16.0 Å². The van der Waals surface area contributed by atoms with Gasteiger partial charge in [0.15, 0.2) is 0 Å². The lowest BCUT2D eigenvalue weighted by molar-refractivity contribution is -0.119. The van der Waals surface area contributed by atoms with Gasteiger partial charge in [0.1, 0.15) is 4.88 Å². The summed E-state index contributed by atoms with van der Waals surface area (Å²) in [6.45, 7) is 3.48. The molecule has 0 spiro atoms. The first-order valence-electron chi connectivity index (χ1n) is 6.54. The zero-order chi connectivity index (χ0) is 14.7. The zero-order valence-electron chi connectivity index (χ0n) is 11.3. The van der Waals surface area contributed by atoms with Crippen LogP contribution in [0, 0.1) is 6.92 Å². The van der Waals surface area contributed by atoms with E-state index in [1.165, 1.54) is 11.3 Å². The number of thiophene rings is 1. The number of hydrogen-bond acceptors (Lipinski definition) is 4. The van der Waals surface area contributed by atoms with Crippen molar-refractivity contribution in [3.63, 3.8) is 0 Å². The molecule has 1 aliphatic rings. The van der Waals surface area contributed by atoms with Gasteiger partial charge in [0.2, 0.25) is 5.91 Å². The number of halogens is 1. The number of nitrogens with one attached hydrogen (secondary N) is 1. The lowest BCUT2D eigenvalue weighted by Gasteiger charge is -2.33. The van der Waals surface area contributed by atoms with Gasteiger partial charge in [0, 0.05) is 6.04 Å². The van der Waals surface area contributed by atoms with E-state index in [2.05, 4.69) is 5.32 Å². The van der Waals surface area contributed by atoms with Crippen LogP contribution in [0.5, 0.6) is 0 Å². The summed E-state index contributed by atoms with van der Waals surface area (Å²) in [7, 11) is 0. The summed E-state index contributed by atoms with van der Waals surface area (Å²) in [5, 5.41) is 5.56. The molecular formula is C13H18ClN3O2S. The number of nitrogens with two attached hydrogens (primary N) is 1. The quantitative estimate of drug-likeness (QED) is 0.881. The zero-order valence-corrected chi connectivity index (χ0v) is 12.9. The van der Waals surface area contributed by atoms with Crippen LogP contribution in [0.2, 0.25) is 5.02 Å². The predicted molar refractivity (Wildman–Crippen MR) is 80.2 cm³/mol. The summed E-state index contributed by atoms with van der Waals surface area (Å²) in [6.07, 6.45) is 1.64. The van der Waals surface area contributed by atoms with Crippen molar-refractivity contribution >= 4 is 34.8 Å². The van der Waals surface area contributed by atoms with Crippen molar-refractivity contribution in [3.05, 3.63) is 20.8 Å². The number of amides is 2. The maximum absolute atomic E-state index is 12.6. The van der Waals surface area contributed by atoms with Crippen molar-refractivity contribution < 1.29 is 9.59 Å². The molecule has 20 heavy (non-hydrogen) atoms. The number of piperidine rings is 1. The molecule has 2 amide bonds. The van der Waals surface area contributed by atoms with Gasteiger partial charge in [-0.25, -0.2) is 0 Å². The third-order valence-electron chi connectivity index (χ3n) is 3.43. The number of primary amides is 1. The van der Waals surface area contributed by atoms with Gasteiger partial charge in [0.25, 0.3) is 5.91 Å². The van der Waals surface area contributed by atoms with E-state index in [1.807, 2.05) is 12.3 Å². The third-order valence-corrected chi connectivity index (χ3v) is 5.11. The highest BCUT2D eigenvalue weighted by Crippen LogP contribution is 2.29. The van der Waals surface area contributed by atoms with Crippen LogP contribution in [0.3, 0.4) is 0 Å². The summed E-state index contributed by atoms with van der Waals surface area (Å²) >= 11 is 7.47. The Kier molecular flexibility index (Phi) is 5.01. The van der Waals surface area contributed by atoms with E-state index in [4.69, 9.17) is 17.3 Å². The first-order chi connectivity index (χ1) is 9.50. The fourth-order valence-corrected chi connectivity index (χ4v) is 3.59. The molecule has 3 N–H and O–H groups in total. The molecule has 0 saturated carbocycles. The van der Waals surface area contributed by atoms with Gasteiger partial charge in [-0.3, -0.25) is 9.59 Å². The molecule has 0 bridgehead atoms. The van der Waals surface area contributed by atoms with Crippen molar-refractivity contribution in [2.45, 2.75) is 25.8 Å². The predicted octanol–water partition coefficient (Wildman–Crippen LogP) is 1.39. The lowest BCUT2D eigenvalue weighted by Crippen LogP contribution is -2.49. The van der Waals surface area contributed by atoms with Gasteiger partial charge >= 0.3 is 0 Å². The van der Waals surface area contributed by atoms with E-state index in [9.17, 15) is 9.59 Å². The van der Waals surface area contributed by atoms with E-state index in [0.717, 1.165) is 31.5 Å². The highest BCUT2D eigenvalue weighted by Gasteiger charge is 2.29. The molecule has 1 saturated heterocycles. The van der Waals surface area contributed by atoms with E-state index in [1.54, 1.807) is 4.90 Å². The number of hydrogen-bond donors (Lipinski definition) is 2. The average Bonchev–Trinajstić information content (AvgIpc) is 2.76. The van der Waals surface area contributed by atoms with Crippen LogP contribution in [0.15, 0.2) is 5.38 Å². The lowest BCUT2D eigenvalue weighted by atomic mass is 10.0. The maximum Gasteiger partial charge on any atom is 0.266 e. The molecule has 2 rings (SSSR count). The molecule has 1 fully saturated rings. The molecular weight excluding hydrogens is 298 g/mol. The first-order valence-corrected chi connectivity index (χ1v) is 7.80. The molecule has 0 aliphatic carbocycles. The highest BCUT2D eigenvalue weighted by atomic mass is 35.5. The van der Waals surface area contributed by atoms with E-state index >= 15 is 0 Å². The van der Waals surface area contributed by atoms with Crippen LogP contribution >= 0.6 is 22.9 Å². The summed E-state index contributed by atoms with van der Waals surface area (Å²) in [5.74, 6) is -0.694. The second-order valence-corrected chi connectivity index (χ2v) is 6.20. The maximum atomic E-state index is 12.6. The molecule has 0 atom stereocenters. The Bertz CT molecular complexity index is 512. The monoisotopic (exact) mass is 315 g/mol. The van der Waals surface area contributed by atoms with Crippen molar-refractivity contribution in [2.75, 3.05) is 19.6 Å². The van der Waals surface area contributed by atoms with Gasteiger partial charge in [0.05, 0.1) is 11.6 Å². The van der Waals surface area contributed by atoms with Crippen LogP contribution < -0.4 is 11.1 Å². The van der Waals surface area contributed by atoms with E-state index in [0.29, 0.717) is 9.90 Å². The minimum absolute atomic E-state index is 0.0368. The molecule has 0 unspecified atom stereocenters. The van der Waals surface area contributed by atoms with Crippen LogP contribution in [0.25, 0.3) is 0 Å². The van der Waals surface area contributed by atoms with Gasteiger partial charge in [-0.05, 0) is 43.8 Å². The van der Waals surface area contributed by atoms with Gasteiger partial charge in [-0.2, -0.15) is 0 Å². The molecule has 7 heteroatoms. The summed E-state index contributed by atoms with van der Waals surface area (Å²) < 4.78 is 0. The number of nitrogens with zero attached hydrogens (tertiary/aromatic N) is 1. The summed E-state index contributed by atoms with van der Waals surface area (Å²) in [5.41, 5.74) is 6.16. The number of carbonyl (C=O) groups excluding carboxylic acids is 2. The minimum Gasteiger partial charge on any atom is -0.368 e. The topological polar surface area (TPSA) is 75.4 Å². The molecule has 0 aromatic carbocycles. The summed E-state index contributed by atoms with van der Waals surface area (Å²) in [4.78, 5) is 26.0. The van der Waals surface area contributed by atoms with Crippen LogP contribution in [-0.2, 0) is 4.79 Å². The summed E-state index contributed by atoms with van der Waals surface area (Å²) in [6, 6.07) is 0.0368. The Hall–Kier alpha value is -1.11. The molecule has 1 aliphatic heterocycles. The Morgan fingerprint density at radius 3 is 2.65 bits per heavy atom. The molecule has 1 aromatic rings. The average molecular weight is 316 g/mol. The van der Waals surface area contributed by atoms with Crippen molar-refractivity contribution in [1.82, 2.24) is 10.2 Å². The fourth-order valence-electron chi connectivity index (χ4n) is 2.36. The van der Waals surface area contributed by atoms with Crippen LogP contribution in [0.4, 0.5) is 0 Å². The molecule has 5 nitrogen and oxygen atoms in total. The molecule has 110 valence electrons. The fraction of sp³-hybridized carbons (Fsp3) is 0.538. The molecule has 2 heterocycles. The molecule has 1 aromatic heterocycles. The number of rotatable bonds is 4.